The second kappa shape index (κ2) is 8.64. The van der Waals surface area contributed by atoms with Gasteiger partial charge in [-0.1, -0.05) is 24.3 Å². The number of aromatic nitrogens is 1. The molecule has 1 heterocycles. The topological polar surface area (TPSA) is 82.5 Å². The van der Waals surface area contributed by atoms with Gasteiger partial charge in [0, 0.05) is 34.5 Å². The number of amides is 1. The number of carbonyl (C=O) groups is 1. The van der Waals surface area contributed by atoms with Crippen LogP contribution in [0.2, 0.25) is 0 Å². The number of anilines is 1. The minimum atomic E-state index is -4.40. The third-order valence-electron chi connectivity index (χ3n) is 4.48. The lowest BCUT2D eigenvalue weighted by Crippen LogP contribution is -2.13. The Morgan fingerprint density at radius 2 is 1.97 bits per heavy atom. The first kappa shape index (κ1) is 21.5. The number of benzene rings is 2. The van der Waals surface area contributed by atoms with Gasteiger partial charge < -0.3 is 15.5 Å². The van der Waals surface area contributed by atoms with E-state index < -0.39 is 24.8 Å². The molecule has 0 radical (unpaired) electrons. The summed E-state index contributed by atoms with van der Waals surface area (Å²) in [5.74, 6) is -0.398. The molecule has 0 aliphatic carbocycles. The van der Waals surface area contributed by atoms with Gasteiger partial charge in [-0.05, 0) is 42.3 Å². The van der Waals surface area contributed by atoms with Crippen LogP contribution in [0.4, 0.5) is 18.9 Å². The Labute approximate surface area is 170 Å². The molecule has 0 saturated carbocycles. The molecule has 156 valence electrons. The first-order valence-electron chi connectivity index (χ1n) is 9.03. The van der Waals surface area contributed by atoms with Gasteiger partial charge in [-0.15, -0.1) is 0 Å². The van der Waals surface area contributed by atoms with Crippen molar-refractivity contribution < 1.29 is 28.2 Å². The van der Waals surface area contributed by atoms with Crippen LogP contribution in [0.15, 0.2) is 54.7 Å². The Morgan fingerprint density at radius 3 is 2.63 bits per heavy atom. The van der Waals surface area contributed by atoms with Gasteiger partial charge in [-0.2, -0.15) is 13.2 Å². The average molecular weight is 416 g/mol. The molecule has 3 rings (SSSR count). The van der Waals surface area contributed by atoms with Crippen LogP contribution >= 0.6 is 0 Å². The van der Waals surface area contributed by atoms with E-state index in [0.717, 1.165) is 11.5 Å². The third kappa shape index (κ3) is 5.22. The lowest BCUT2D eigenvalue weighted by atomic mass is 10.0. The summed E-state index contributed by atoms with van der Waals surface area (Å²) in [6.07, 6.45) is -2.87. The number of aryl methyl sites for hydroxylation is 1. The predicted molar refractivity (Wildman–Crippen MR) is 108 cm³/mol. The molecule has 1 amide bonds. The SMILES string of the molecule is Cc1cc(/C=C/C(F)(F)F)ccc1C(=O)Nc1ccc2cc(C(O)CO)cnc2c1. The fourth-order valence-corrected chi connectivity index (χ4v) is 2.94. The van der Waals surface area contributed by atoms with E-state index in [2.05, 4.69) is 10.3 Å². The number of hydrogen-bond acceptors (Lipinski definition) is 4. The van der Waals surface area contributed by atoms with E-state index in [1.165, 1.54) is 24.4 Å². The van der Waals surface area contributed by atoms with E-state index in [1.54, 1.807) is 31.2 Å². The highest BCUT2D eigenvalue weighted by molar-refractivity contribution is 6.06. The number of nitrogens with one attached hydrogen (secondary N) is 1. The summed E-state index contributed by atoms with van der Waals surface area (Å²) in [4.78, 5) is 16.8. The predicted octanol–water partition coefficient (Wildman–Crippen LogP) is 4.40. The maximum atomic E-state index is 12.6. The van der Waals surface area contributed by atoms with Gasteiger partial charge in [0.05, 0.1) is 12.1 Å². The van der Waals surface area contributed by atoms with Crippen molar-refractivity contribution in [3.05, 3.63) is 77.0 Å². The van der Waals surface area contributed by atoms with Crippen LogP contribution in [-0.2, 0) is 0 Å². The molecule has 0 saturated heterocycles. The largest absolute Gasteiger partial charge is 0.409 e. The van der Waals surface area contributed by atoms with Crippen molar-refractivity contribution in [2.75, 3.05) is 11.9 Å². The molecule has 30 heavy (non-hydrogen) atoms. The molecule has 1 aromatic heterocycles. The summed E-state index contributed by atoms with van der Waals surface area (Å²) < 4.78 is 36.9. The average Bonchev–Trinajstić information content (AvgIpc) is 2.70. The zero-order chi connectivity index (χ0) is 21.9. The van der Waals surface area contributed by atoms with Crippen molar-refractivity contribution >= 4 is 28.6 Å². The Morgan fingerprint density at radius 1 is 1.20 bits per heavy atom. The maximum Gasteiger partial charge on any atom is 0.409 e. The van der Waals surface area contributed by atoms with Gasteiger partial charge in [0.1, 0.15) is 6.10 Å². The maximum absolute atomic E-state index is 12.6. The number of alkyl halides is 3. The van der Waals surface area contributed by atoms with Crippen molar-refractivity contribution in [1.82, 2.24) is 4.98 Å². The highest BCUT2D eigenvalue weighted by Crippen LogP contribution is 2.23. The lowest BCUT2D eigenvalue weighted by molar-refractivity contribution is -0.0790. The third-order valence-corrected chi connectivity index (χ3v) is 4.48. The number of pyridine rings is 1. The zero-order valence-electron chi connectivity index (χ0n) is 15.9. The Kier molecular flexibility index (Phi) is 6.19. The lowest BCUT2D eigenvalue weighted by Gasteiger charge is -2.11. The van der Waals surface area contributed by atoms with Crippen LogP contribution in [-0.4, -0.2) is 33.9 Å². The normalized spacial score (nSPS) is 13.0. The van der Waals surface area contributed by atoms with Crippen LogP contribution in [0.5, 0.6) is 0 Å². The van der Waals surface area contributed by atoms with Crippen LogP contribution in [0.3, 0.4) is 0 Å². The van der Waals surface area contributed by atoms with Crippen LogP contribution in [0.1, 0.15) is 33.2 Å². The van der Waals surface area contributed by atoms with E-state index >= 15 is 0 Å². The van der Waals surface area contributed by atoms with E-state index in [9.17, 15) is 23.1 Å². The fourth-order valence-electron chi connectivity index (χ4n) is 2.94. The van der Waals surface area contributed by atoms with E-state index in [-0.39, 0.29) is 6.08 Å². The van der Waals surface area contributed by atoms with E-state index in [1.807, 2.05) is 0 Å². The molecule has 8 heteroatoms. The van der Waals surface area contributed by atoms with Gasteiger partial charge in [-0.3, -0.25) is 9.78 Å². The van der Waals surface area contributed by atoms with Gasteiger partial charge in [0.25, 0.3) is 5.91 Å². The number of fused-ring (bicyclic) bond motifs is 1. The van der Waals surface area contributed by atoms with Crippen LogP contribution in [0.25, 0.3) is 17.0 Å². The summed E-state index contributed by atoms with van der Waals surface area (Å²) in [6.45, 7) is 1.24. The molecule has 0 aliphatic rings. The van der Waals surface area contributed by atoms with E-state index in [4.69, 9.17) is 5.11 Å². The standard InChI is InChI=1S/C22H19F3N2O3/c1-13-8-14(6-7-22(23,24)25)2-5-18(13)21(30)27-17-4-3-15-9-16(20(29)12-28)11-26-19(15)10-17/h2-11,20,28-29H,12H2,1H3,(H,27,30)/b7-6+. The van der Waals surface area contributed by atoms with Crippen molar-refractivity contribution in [1.29, 1.82) is 0 Å². The van der Waals surface area contributed by atoms with Crippen molar-refractivity contribution in [2.45, 2.75) is 19.2 Å². The molecule has 5 nitrogen and oxygen atoms in total. The molecule has 0 fully saturated rings. The zero-order valence-corrected chi connectivity index (χ0v) is 15.9. The molecule has 0 aliphatic heterocycles. The van der Waals surface area contributed by atoms with Gasteiger partial charge in [0.15, 0.2) is 0 Å². The van der Waals surface area contributed by atoms with Crippen molar-refractivity contribution in [2.24, 2.45) is 0 Å². The monoisotopic (exact) mass is 416 g/mol. The number of hydrogen-bond donors (Lipinski definition) is 3. The van der Waals surface area contributed by atoms with Gasteiger partial charge in [-0.25, -0.2) is 0 Å². The molecule has 1 unspecified atom stereocenters. The Hall–Kier alpha value is -3.23. The molecular formula is C22H19F3N2O3. The second-order valence-corrected chi connectivity index (χ2v) is 6.78. The van der Waals surface area contributed by atoms with Crippen LogP contribution in [0, 0.1) is 6.92 Å². The van der Waals surface area contributed by atoms with E-state index in [0.29, 0.717) is 33.5 Å². The Balaban J connectivity index is 1.78. The van der Waals surface area contributed by atoms with Gasteiger partial charge >= 0.3 is 6.18 Å². The smallest absolute Gasteiger partial charge is 0.393 e. The van der Waals surface area contributed by atoms with Crippen molar-refractivity contribution in [3.63, 3.8) is 0 Å². The summed E-state index contributed by atoms with van der Waals surface area (Å²) in [7, 11) is 0. The summed E-state index contributed by atoms with van der Waals surface area (Å²) in [5, 5.41) is 22.2. The first-order chi connectivity index (χ1) is 14.2. The first-order valence-corrected chi connectivity index (χ1v) is 9.03. The highest BCUT2D eigenvalue weighted by Gasteiger charge is 2.21. The van der Waals surface area contributed by atoms with Gasteiger partial charge in [0.2, 0.25) is 0 Å². The number of rotatable bonds is 5. The number of carbonyl (C=O) groups excluding carboxylic acids is 1. The number of halogens is 3. The molecule has 1 atom stereocenters. The number of nitrogens with zero attached hydrogens (tertiary/aromatic N) is 1. The second-order valence-electron chi connectivity index (χ2n) is 6.78. The molecule has 0 bridgehead atoms. The quantitative estimate of drug-likeness (QED) is 0.576. The summed E-state index contributed by atoms with van der Waals surface area (Å²) in [6, 6.07) is 11.2. The number of aliphatic hydroxyl groups is 2. The minimum absolute atomic E-state index is 0.147. The molecule has 3 aromatic rings. The molecule has 2 aromatic carbocycles. The molecule has 0 spiro atoms. The summed E-state index contributed by atoms with van der Waals surface area (Å²) in [5.41, 5.74) is 2.79. The fraction of sp³-hybridized carbons (Fsp3) is 0.182. The number of aliphatic hydroxyl groups excluding tert-OH is 2. The molecule has 3 N–H and O–H groups in total. The highest BCUT2D eigenvalue weighted by atomic mass is 19.4. The molecular weight excluding hydrogens is 397 g/mol. The number of allylic oxidation sites excluding steroid dienone is 1. The Bertz CT molecular complexity index is 1110. The minimum Gasteiger partial charge on any atom is -0.393 e. The van der Waals surface area contributed by atoms with Crippen LogP contribution < -0.4 is 5.32 Å². The summed E-state index contributed by atoms with van der Waals surface area (Å²) >= 11 is 0. The van der Waals surface area contributed by atoms with Crippen molar-refractivity contribution in [3.8, 4) is 0 Å².